The molecule has 0 heterocycles. The molecule has 13 heavy (non-hydrogen) atoms. The zero-order valence-electron chi connectivity index (χ0n) is 8.39. The Morgan fingerprint density at radius 2 is 1.85 bits per heavy atom. The highest BCUT2D eigenvalue weighted by molar-refractivity contribution is 6.01. The van der Waals surface area contributed by atoms with Crippen molar-refractivity contribution in [3.05, 3.63) is 35.5 Å². The molecule has 0 radical (unpaired) electrons. The molecule has 0 atom stereocenters. The van der Waals surface area contributed by atoms with Gasteiger partial charge in [0, 0.05) is 11.9 Å². The van der Waals surface area contributed by atoms with E-state index in [4.69, 9.17) is 10.8 Å². The van der Waals surface area contributed by atoms with E-state index in [2.05, 4.69) is 0 Å². The maximum absolute atomic E-state index is 7.44. The van der Waals surface area contributed by atoms with Gasteiger partial charge >= 0.3 is 0 Å². The third-order valence-electron chi connectivity index (χ3n) is 1.51. The van der Waals surface area contributed by atoms with Gasteiger partial charge in [0.05, 0.1) is 0 Å². The molecule has 0 aliphatic heterocycles. The zero-order chi connectivity index (χ0) is 10.3. The molecule has 0 unspecified atom stereocenters. The quantitative estimate of drug-likeness (QED) is 0.488. The molecule has 70 valence electrons. The van der Waals surface area contributed by atoms with Crippen LogP contribution in [-0.4, -0.2) is 11.9 Å². The summed E-state index contributed by atoms with van der Waals surface area (Å²) in [6.07, 6.45) is 8.64. The van der Waals surface area contributed by atoms with Crippen molar-refractivity contribution in [3.8, 4) is 0 Å². The van der Waals surface area contributed by atoms with Crippen molar-refractivity contribution in [3.63, 3.8) is 0 Å². The van der Waals surface area contributed by atoms with Crippen LogP contribution in [0.3, 0.4) is 0 Å². The van der Waals surface area contributed by atoms with Gasteiger partial charge in [-0.2, -0.15) is 0 Å². The van der Waals surface area contributed by atoms with Crippen LogP contribution in [0.15, 0.2) is 35.5 Å². The summed E-state index contributed by atoms with van der Waals surface area (Å²) in [5.74, 6) is 0. The van der Waals surface area contributed by atoms with Gasteiger partial charge in [0.1, 0.15) is 0 Å². The molecule has 2 N–H and O–H groups in total. The van der Waals surface area contributed by atoms with Crippen molar-refractivity contribution < 1.29 is 0 Å². The third kappa shape index (κ3) is 4.90. The average Bonchev–Trinajstić information content (AvgIpc) is 2.04. The molecule has 2 heteroatoms. The maximum atomic E-state index is 7.44. The van der Waals surface area contributed by atoms with Gasteiger partial charge in [-0.15, -0.1) is 0 Å². The zero-order valence-corrected chi connectivity index (χ0v) is 8.39. The molecular formula is C11H16N2. The van der Waals surface area contributed by atoms with Crippen LogP contribution in [0.2, 0.25) is 0 Å². The summed E-state index contributed by atoms with van der Waals surface area (Å²) in [4.78, 5) is 0. The van der Waals surface area contributed by atoms with Gasteiger partial charge in [-0.05, 0) is 32.4 Å². The topological polar surface area (TPSA) is 47.7 Å². The average molecular weight is 176 g/mol. The lowest BCUT2D eigenvalue weighted by Gasteiger charge is -1.98. The first-order chi connectivity index (χ1) is 6.11. The van der Waals surface area contributed by atoms with Crippen LogP contribution < -0.4 is 0 Å². The molecule has 0 rings (SSSR count). The van der Waals surface area contributed by atoms with Crippen LogP contribution in [0.4, 0.5) is 0 Å². The summed E-state index contributed by atoms with van der Waals surface area (Å²) in [6.45, 7) is 5.64. The smallest absolute Gasteiger partial charge is 0.0355 e. The predicted molar refractivity (Wildman–Crippen MR) is 58.8 cm³/mol. The standard InChI is InChI=1S/C11H16N2/c1-4-5-9(2)8-11(6-7-12)10(3)13/h4-8,12-13H,1-3H3/b5-4-,9-8-,11-6-,12-7?,13-10?. The molecule has 0 aliphatic carbocycles. The molecule has 0 spiro atoms. The fourth-order valence-electron chi connectivity index (χ4n) is 0.927. The first kappa shape index (κ1) is 11.6. The van der Waals surface area contributed by atoms with E-state index in [-0.39, 0.29) is 0 Å². The summed E-state index contributed by atoms with van der Waals surface area (Å²) < 4.78 is 0. The number of nitrogens with one attached hydrogen (secondary N) is 2. The summed E-state index contributed by atoms with van der Waals surface area (Å²) in [6, 6.07) is 0. The molecule has 0 amide bonds. The number of hydrogen-bond acceptors (Lipinski definition) is 2. The Hall–Kier alpha value is -1.44. The van der Waals surface area contributed by atoms with Crippen molar-refractivity contribution in [1.29, 1.82) is 10.8 Å². The van der Waals surface area contributed by atoms with Gasteiger partial charge in [0.25, 0.3) is 0 Å². The van der Waals surface area contributed by atoms with Gasteiger partial charge in [0.2, 0.25) is 0 Å². The summed E-state index contributed by atoms with van der Waals surface area (Å²) >= 11 is 0. The first-order valence-corrected chi connectivity index (χ1v) is 4.19. The second-order valence-electron chi connectivity index (χ2n) is 2.80. The molecular weight excluding hydrogens is 160 g/mol. The Balaban J connectivity index is 4.80. The van der Waals surface area contributed by atoms with E-state index < -0.39 is 0 Å². The van der Waals surface area contributed by atoms with E-state index >= 15 is 0 Å². The minimum absolute atomic E-state index is 0.479. The van der Waals surface area contributed by atoms with Gasteiger partial charge in [0.15, 0.2) is 0 Å². The fourth-order valence-corrected chi connectivity index (χ4v) is 0.927. The second-order valence-corrected chi connectivity index (χ2v) is 2.80. The van der Waals surface area contributed by atoms with E-state index in [1.165, 1.54) is 6.21 Å². The van der Waals surface area contributed by atoms with Gasteiger partial charge < -0.3 is 10.8 Å². The van der Waals surface area contributed by atoms with Crippen LogP contribution in [0.5, 0.6) is 0 Å². The van der Waals surface area contributed by atoms with Crippen LogP contribution in [0.1, 0.15) is 20.8 Å². The molecule has 0 fully saturated rings. The Kier molecular flexibility index (Phi) is 5.44. The predicted octanol–water partition coefficient (Wildman–Crippen LogP) is 3.12. The van der Waals surface area contributed by atoms with E-state index in [1.807, 2.05) is 32.1 Å². The van der Waals surface area contributed by atoms with Crippen LogP contribution in [0, 0.1) is 10.8 Å². The van der Waals surface area contributed by atoms with Gasteiger partial charge in [-0.1, -0.05) is 23.8 Å². The van der Waals surface area contributed by atoms with Crippen LogP contribution in [-0.2, 0) is 0 Å². The molecule has 0 bridgehead atoms. The SMILES string of the molecule is C\C=C/C(C)=C\C(=C\C=N)C(C)=N. The molecule has 0 aromatic rings. The van der Waals surface area contributed by atoms with E-state index in [9.17, 15) is 0 Å². The normalized spacial score (nSPS) is 13.5. The summed E-state index contributed by atoms with van der Waals surface area (Å²) in [5, 5.41) is 14.4. The van der Waals surface area contributed by atoms with E-state index in [1.54, 1.807) is 13.0 Å². The molecule has 0 saturated heterocycles. The number of rotatable bonds is 4. The van der Waals surface area contributed by atoms with Crippen LogP contribution in [0.25, 0.3) is 0 Å². The summed E-state index contributed by atoms with van der Waals surface area (Å²) in [5.41, 5.74) is 2.35. The molecule has 2 nitrogen and oxygen atoms in total. The van der Waals surface area contributed by atoms with Crippen LogP contribution >= 0.6 is 0 Å². The first-order valence-electron chi connectivity index (χ1n) is 4.19. The Morgan fingerprint density at radius 3 is 2.23 bits per heavy atom. The highest BCUT2D eigenvalue weighted by Gasteiger charge is 1.94. The highest BCUT2D eigenvalue weighted by Crippen LogP contribution is 2.04. The largest absolute Gasteiger partial charge is 0.309 e. The third-order valence-corrected chi connectivity index (χ3v) is 1.51. The minimum atomic E-state index is 0.479. The van der Waals surface area contributed by atoms with Crippen molar-refractivity contribution in [1.82, 2.24) is 0 Å². The van der Waals surface area contributed by atoms with E-state index in [0.717, 1.165) is 11.1 Å². The number of allylic oxidation sites excluding steroid dienone is 6. The lowest BCUT2D eigenvalue weighted by molar-refractivity contribution is 1.43. The molecule has 0 aromatic carbocycles. The molecule has 0 aromatic heterocycles. The lowest BCUT2D eigenvalue weighted by atomic mass is 10.1. The molecule has 0 aliphatic rings. The number of hydrogen-bond donors (Lipinski definition) is 2. The maximum Gasteiger partial charge on any atom is 0.0355 e. The monoisotopic (exact) mass is 176 g/mol. The Bertz CT molecular complexity index is 280. The Morgan fingerprint density at radius 1 is 1.23 bits per heavy atom. The molecule has 0 saturated carbocycles. The van der Waals surface area contributed by atoms with Crippen molar-refractivity contribution in [2.75, 3.05) is 0 Å². The second kappa shape index (κ2) is 6.12. The van der Waals surface area contributed by atoms with Crippen molar-refractivity contribution >= 4 is 11.9 Å². The Labute approximate surface area is 79.7 Å². The van der Waals surface area contributed by atoms with Gasteiger partial charge in [-0.3, -0.25) is 0 Å². The van der Waals surface area contributed by atoms with Crippen molar-refractivity contribution in [2.45, 2.75) is 20.8 Å². The van der Waals surface area contributed by atoms with Crippen molar-refractivity contribution in [2.24, 2.45) is 0 Å². The van der Waals surface area contributed by atoms with Gasteiger partial charge in [-0.25, -0.2) is 0 Å². The highest BCUT2D eigenvalue weighted by atomic mass is 14.4. The minimum Gasteiger partial charge on any atom is -0.309 e. The summed E-state index contributed by atoms with van der Waals surface area (Å²) in [7, 11) is 0. The lowest BCUT2D eigenvalue weighted by Crippen LogP contribution is -1.93. The van der Waals surface area contributed by atoms with E-state index in [0.29, 0.717) is 5.71 Å². The fraction of sp³-hybridized carbons (Fsp3) is 0.273.